The lowest BCUT2D eigenvalue weighted by Gasteiger charge is -2.15. The number of nitrogens with zero attached hydrogens (tertiary/aromatic N) is 4. The molecule has 29 heavy (non-hydrogen) atoms. The van der Waals surface area contributed by atoms with Crippen molar-refractivity contribution in [2.45, 2.75) is 18.1 Å². The number of hydrogen-bond donors (Lipinski definition) is 1. The number of rotatable bonds is 6. The summed E-state index contributed by atoms with van der Waals surface area (Å²) in [6.45, 7) is 1.95. The number of hydrogen-bond acceptors (Lipinski definition) is 5. The molecule has 1 aromatic heterocycles. The third-order valence-electron chi connectivity index (χ3n) is 4.48. The van der Waals surface area contributed by atoms with Crippen molar-refractivity contribution in [1.29, 1.82) is 0 Å². The first-order valence-electron chi connectivity index (χ1n) is 9.05. The van der Waals surface area contributed by atoms with E-state index in [-0.39, 0.29) is 23.5 Å². The lowest BCUT2D eigenvalue weighted by molar-refractivity contribution is -0.119. The maximum Gasteiger partial charge on any atom is 0.230 e. The van der Waals surface area contributed by atoms with E-state index in [1.165, 1.54) is 28.6 Å². The number of benzene rings is 3. The Hall–Kier alpha value is -3.26. The Labute approximate surface area is 171 Å². The monoisotopic (exact) mass is 407 g/mol. The minimum Gasteiger partial charge on any atom is -0.349 e. The van der Waals surface area contributed by atoms with Gasteiger partial charge in [0.15, 0.2) is 0 Å². The van der Waals surface area contributed by atoms with Crippen LogP contribution in [0.2, 0.25) is 0 Å². The normalized spacial score (nSPS) is 12.1. The summed E-state index contributed by atoms with van der Waals surface area (Å²) in [6, 6.07) is 20.1. The van der Waals surface area contributed by atoms with E-state index >= 15 is 0 Å². The lowest BCUT2D eigenvalue weighted by atomic mass is 10.0. The standard InChI is InChI=1S/C21H18FN5OS/c1-14(16-10-9-15-5-2-3-6-17(15)11-16)23-20(28)13-29-21-24-25-26-27(21)19-8-4-7-18(22)12-19/h2-12,14H,13H2,1H3,(H,23,28). The summed E-state index contributed by atoms with van der Waals surface area (Å²) in [5.74, 6) is -0.367. The number of halogens is 1. The van der Waals surface area contributed by atoms with Gasteiger partial charge in [-0.05, 0) is 58.0 Å². The van der Waals surface area contributed by atoms with Crippen LogP contribution in [-0.4, -0.2) is 31.9 Å². The average molecular weight is 407 g/mol. The molecule has 0 aliphatic rings. The number of tetrazole rings is 1. The second-order valence-corrected chi connectivity index (χ2v) is 7.48. The molecule has 3 aromatic carbocycles. The molecule has 0 aliphatic carbocycles. The van der Waals surface area contributed by atoms with Gasteiger partial charge in [-0.1, -0.05) is 54.2 Å². The summed E-state index contributed by atoms with van der Waals surface area (Å²) in [5, 5.41) is 17.1. The first-order chi connectivity index (χ1) is 14.1. The Bertz CT molecular complexity index is 1160. The molecule has 0 spiro atoms. The minimum atomic E-state index is -0.379. The molecule has 0 radical (unpaired) electrons. The lowest BCUT2D eigenvalue weighted by Crippen LogP contribution is -2.28. The molecule has 1 N–H and O–H groups in total. The van der Waals surface area contributed by atoms with Gasteiger partial charge in [-0.2, -0.15) is 4.68 Å². The molecule has 1 atom stereocenters. The molecule has 1 heterocycles. The fourth-order valence-corrected chi connectivity index (χ4v) is 3.71. The molecule has 6 nitrogen and oxygen atoms in total. The maximum atomic E-state index is 13.5. The van der Waals surface area contributed by atoms with E-state index in [1.54, 1.807) is 12.1 Å². The fraction of sp³-hybridized carbons (Fsp3) is 0.143. The molecular weight excluding hydrogens is 389 g/mol. The van der Waals surface area contributed by atoms with E-state index in [4.69, 9.17) is 0 Å². The first kappa shape index (κ1) is 19.1. The number of carbonyl (C=O) groups is 1. The molecule has 8 heteroatoms. The van der Waals surface area contributed by atoms with Crippen molar-refractivity contribution in [1.82, 2.24) is 25.5 Å². The van der Waals surface area contributed by atoms with E-state index in [0.717, 1.165) is 16.3 Å². The Kier molecular flexibility index (Phi) is 5.53. The highest BCUT2D eigenvalue weighted by molar-refractivity contribution is 7.99. The van der Waals surface area contributed by atoms with Crippen molar-refractivity contribution in [3.05, 3.63) is 78.1 Å². The second-order valence-electron chi connectivity index (χ2n) is 6.54. The second kappa shape index (κ2) is 8.40. The Morgan fingerprint density at radius 2 is 1.93 bits per heavy atom. The van der Waals surface area contributed by atoms with Crippen LogP contribution in [0.15, 0.2) is 71.9 Å². The minimum absolute atomic E-state index is 0.132. The van der Waals surface area contributed by atoms with Gasteiger partial charge in [0.1, 0.15) is 5.82 Å². The molecule has 1 amide bonds. The fourth-order valence-electron chi connectivity index (χ4n) is 3.01. The van der Waals surface area contributed by atoms with Crippen molar-refractivity contribution >= 4 is 28.4 Å². The van der Waals surface area contributed by atoms with Gasteiger partial charge in [0.05, 0.1) is 17.5 Å². The largest absolute Gasteiger partial charge is 0.349 e. The van der Waals surface area contributed by atoms with Crippen molar-refractivity contribution in [2.75, 3.05) is 5.75 Å². The molecule has 1 unspecified atom stereocenters. The van der Waals surface area contributed by atoms with E-state index in [1.807, 2.05) is 25.1 Å². The first-order valence-corrected chi connectivity index (χ1v) is 10.0. The Balaban J connectivity index is 1.39. The van der Waals surface area contributed by atoms with Gasteiger partial charge in [-0.25, -0.2) is 4.39 Å². The number of thioether (sulfide) groups is 1. The van der Waals surface area contributed by atoms with Crippen molar-refractivity contribution in [2.24, 2.45) is 0 Å². The van der Waals surface area contributed by atoms with Gasteiger partial charge in [0.2, 0.25) is 11.1 Å². The van der Waals surface area contributed by atoms with Crippen LogP contribution in [0.4, 0.5) is 4.39 Å². The predicted octanol–water partition coefficient (Wildman–Crippen LogP) is 3.92. The van der Waals surface area contributed by atoms with Crippen molar-refractivity contribution < 1.29 is 9.18 Å². The van der Waals surface area contributed by atoms with Gasteiger partial charge in [0, 0.05) is 0 Å². The molecule has 146 valence electrons. The zero-order valence-corrected chi connectivity index (χ0v) is 16.4. The SMILES string of the molecule is CC(NC(=O)CSc1nnnn1-c1cccc(F)c1)c1ccc2ccccc2c1. The number of carbonyl (C=O) groups excluding carboxylic acids is 1. The smallest absolute Gasteiger partial charge is 0.230 e. The summed E-state index contributed by atoms with van der Waals surface area (Å²) in [5.41, 5.74) is 1.54. The van der Waals surface area contributed by atoms with Gasteiger partial charge in [-0.15, -0.1) is 5.10 Å². The highest BCUT2D eigenvalue weighted by Crippen LogP contribution is 2.21. The summed E-state index contributed by atoms with van der Waals surface area (Å²) in [4.78, 5) is 12.4. The zero-order chi connectivity index (χ0) is 20.2. The molecule has 0 bridgehead atoms. The van der Waals surface area contributed by atoms with E-state index < -0.39 is 0 Å². The van der Waals surface area contributed by atoms with E-state index in [0.29, 0.717) is 10.8 Å². The predicted molar refractivity (Wildman–Crippen MR) is 110 cm³/mol. The summed E-state index contributed by atoms with van der Waals surface area (Å²) in [7, 11) is 0. The molecule has 0 saturated heterocycles. The van der Waals surface area contributed by atoms with Crippen molar-refractivity contribution in [3.63, 3.8) is 0 Å². The van der Waals surface area contributed by atoms with Crippen LogP contribution < -0.4 is 5.32 Å². The summed E-state index contributed by atoms with van der Waals surface area (Å²) < 4.78 is 14.9. The van der Waals surface area contributed by atoms with Crippen LogP contribution in [0.1, 0.15) is 18.5 Å². The van der Waals surface area contributed by atoms with Crippen LogP contribution in [-0.2, 0) is 4.79 Å². The summed E-state index contributed by atoms with van der Waals surface area (Å²) in [6.07, 6.45) is 0. The molecule has 0 aliphatic heterocycles. The molecule has 4 aromatic rings. The van der Waals surface area contributed by atoms with Crippen LogP contribution in [0.3, 0.4) is 0 Å². The number of amides is 1. The average Bonchev–Trinajstić information content (AvgIpc) is 3.20. The van der Waals surface area contributed by atoms with Crippen LogP contribution in [0.5, 0.6) is 0 Å². The zero-order valence-electron chi connectivity index (χ0n) is 15.6. The van der Waals surface area contributed by atoms with Gasteiger partial charge >= 0.3 is 0 Å². The van der Waals surface area contributed by atoms with E-state index in [9.17, 15) is 9.18 Å². The van der Waals surface area contributed by atoms with Gasteiger partial charge in [-0.3, -0.25) is 4.79 Å². The number of aromatic nitrogens is 4. The van der Waals surface area contributed by atoms with Crippen LogP contribution in [0.25, 0.3) is 16.5 Å². The maximum absolute atomic E-state index is 13.5. The molecule has 0 saturated carbocycles. The number of nitrogens with one attached hydrogen (secondary N) is 1. The van der Waals surface area contributed by atoms with Crippen LogP contribution in [0, 0.1) is 5.82 Å². The molecule has 0 fully saturated rings. The molecule has 4 rings (SSSR count). The van der Waals surface area contributed by atoms with Gasteiger partial charge < -0.3 is 5.32 Å². The topological polar surface area (TPSA) is 72.7 Å². The number of fused-ring (bicyclic) bond motifs is 1. The third kappa shape index (κ3) is 4.43. The highest BCUT2D eigenvalue weighted by atomic mass is 32.2. The highest BCUT2D eigenvalue weighted by Gasteiger charge is 2.14. The van der Waals surface area contributed by atoms with Crippen LogP contribution >= 0.6 is 11.8 Å². The van der Waals surface area contributed by atoms with Gasteiger partial charge in [0.25, 0.3) is 0 Å². The quantitative estimate of drug-likeness (QED) is 0.491. The Morgan fingerprint density at radius 1 is 1.10 bits per heavy atom. The van der Waals surface area contributed by atoms with Crippen molar-refractivity contribution in [3.8, 4) is 5.69 Å². The Morgan fingerprint density at radius 3 is 2.76 bits per heavy atom. The summed E-state index contributed by atoms with van der Waals surface area (Å²) >= 11 is 1.19. The third-order valence-corrected chi connectivity index (χ3v) is 5.40. The molecular formula is C21H18FN5OS. The van der Waals surface area contributed by atoms with E-state index in [2.05, 4.69) is 45.1 Å².